The third-order valence-corrected chi connectivity index (χ3v) is 3.84. The Hall–Kier alpha value is -0.160. The van der Waals surface area contributed by atoms with Crippen molar-refractivity contribution in [3.8, 4) is 0 Å². The number of methoxy groups -OCH3 is 3. The molecule has 0 spiro atoms. The molecule has 1 saturated carbocycles. The molecule has 88 valence electrons. The summed E-state index contributed by atoms with van der Waals surface area (Å²) in [7, 11) is 5.22. The van der Waals surface area contributed by atoms with Crippen LogP contribution in [0.25, 0.3) is 0 Å². The molecular formula is C11H20O4. The summed E-state index contributed by atoms with van der Waals surface area (Å²) in [5.74, 6) is 0.114. The molecule has 0 aromatic rings. The van der Waals surface area contributed by atoms with Crippen molar-refractivity contribution < 1.29 is 18.9 Å². The van der Waals surface area contributed by atoms with Gasteiger partial charge >= 0.3 is 0 Å². The highest BCUT2D eigenvalue weighted by atomic mass is 16.7. The molecule has 2 aliphatic rings. The molecule has 1 aliphatic heterocycles. The molecule has 0 aromatic carbocycles. The van der Waals surface area contributed by atoms with E-state index in [0.29, 0.717) is 19.3 Å². The highest BCUT2D eigenvalue weighted by Crippen LogP contribution is 2.45. The molecule has 2 atom stereocenters. The van der Waals surface area contributed by atoms with E-state index < -0.39 is 5.79 Å². The number of hydrogen-bond acceptors (Lipinski definition) is 4. The van der Waals surface area contributed by atoms with E-state index in [2.05, 4.69) is 0 Å². The van der Waals surface area contributed by atoms with Crippen LogP contribution in [0.15, 0.2) is 0 Å². The zero-order valence-corrected chi connectivity index (χ0v) is 9.69. The Labute approximate surface area is 90.8 Å². The summed E-state index contributed by atoms with van der Waals surface area (Å²) in [6.45, 7) is 1.41. The van der Waals surface area contributed by atoms with Crippen LogP contribution in [0, 0.1) is 11.8 Å². The van der Waals surface area contributed by atoms with Gasteiger partial charge in [0.15, 0.2) is 5.79 Å². The molecule has 2 fully saturated rings. The Morgan fingerprint density at radius 2 is 1.53 bits per heavy atom. The first-order valence-electron chi connectivity index (χ1n) is 5.47. The van der Waals surface area contributed by atoms with Crippen LogP contribution in [0.3, 0.4) is 0 Å². The second-order valence-corrected chi connectivity index (χ2v) is 4.39. The van der Waals surface area contributed by atoms with Gasteiger partial charge in [0, 0.05) is 33.2 Å². The summed E-state index contributed by atoms with van der Waals surface area (Å²) in [5, 5.41) is 0. The van der Waals surface area contributed by atoms with Gasteiger partial charge in [0.2, 0.25) is 0 Å². The third-order valence-electron chi connectivity index (χ3n) is 3.84. The van der Waals surface area contributed by atoms with Crippen LogP contribution in [0.4, 0.5) is 0 Å². The zero-order valence-electron chi connectivity index (χ0n) is 9.69. The first kappa shape index (κ1) is 11.3. The Balaban J connectivity index is 2.19. The second kappa shape index (κ2) is 4.37. The van der Waals surface area contributed by atoms with Crippen LogP contribution in [-0.4, -0.2) is 46.4 Å². The van der Waals surface area contributed by atoms with Gasteiger partial charge < -0.3 is 18.9 Å². The van der Waals surface area contributed by atoms with E-state index in [0.717, 1.165) is 12.8 Å². The smallest absolute Gasteiger partial charge is 0.177 e. The van der Waals surface area contributed by atoms with Gasteiger partial charge in [-0.3, -0.25) is 0 Å². The average Bonchev–Trinajstić information content (AvgIpc) is 2.27. The van der Waals surface area contributed by atoms with Crippen LogP contribution in [-0.2, 0) is 18.9 Å². The maximum Gasteiger partial charge on any atom is 0.177 e. The molecule has 4 heteroatoms. The fourth-order valence-electron chi connectivity index (χ4n) is 3.06. The minimum atomic E-state index is -0.451. The van der Waals surface area contributed by atoms with Gasteiger partial charge in [0.25, 0.3) is 0 Å². The molecule has 0 amide bonds. The number of rotatable bonds is 3. The van der Waals surface area contributed by atoms with Crippen molar-refractivity contribution in [2.24, 2.45) is 11.8 Å². The van der Waals surface area contributed by atoms with Crippen molar-refractivity contribution >= 4 is 0 Å². The predicted molar refractivity (Wildman–Crippen MR) is 54.6 cm³/mol. The lowest BCUT2D eigenvalue weighted by Crippen LogP contribution is -2.60. The van der Waals surface area contributed by atoms with Gasteiger partial charge in [-0.1, -0.05) is 0 Å². The minimum Gasteiger partial charge on any atom is -0.381 e. The summed E-state index contributed by atoms with van der Waals surface area (Å²) in [6.07, 6.45) is 2.23. The van der Waals surface area contributed by atoms with Crippen molar-refractivity contribution in [2.45, 2.75) is 24.7 Å². The largest absolute Gasteiger partial charge is 0.381 e. The van der Waals surface area contributed by atoms with Crippen molar-refractivity contribution in [3.05, 3.63) is 0 Å². The van der Waals surface area contributed by atoms with E-state index >= 15 is 0 Å². The molecule has 1 aliphatic carbocycles. The molecule has 2 bridgehead atoms. The third kappa shape index (κ3) is 1.69. The molecule has 0 aromatic heterocycles. The van der Waals surface area contributed by atoms with Gasteiger partial charge in [0.1, 0.15) is 0 Å². The molecule has 1 heterocycles. The summed E-state index contributed by atoms with van der Waals surface area (Å²) in [5.41, 5.74) is 0. The van der Waals surface area contributed by atoms with Gasteiger partial charge in [-0.15, -0.1) is 0 Å². The highest BCUT2D eigenvalue weighted by Gasteiger charge is 2.54. The lowest BCUT2D eigenvalue weighted by Gasteiger charge is -2.51. The molecular weight excluding hydrogens is 196 g/mol. The van der Waals surface area contributed by atoms with Crippen LogP contribution < -0.4 is 0 Å². The summed E-state index contributed by atoms with van der Waals surface area (Å²) in [6, 6.07) is 0. The van der Waals surface area contributed by atoms with Crippen LogP contribution in [0.5, 0.6) is 0 Å². The normalized spacial score (nSPS) is 39.0. The maximum atomic E-state index is 5.63. The van der Waals surface area contributed by atoms with Gasteiger partial charge in [0.05, 0.1) is 19.3 Å². The van der Waals surface area contributed by atoms with Crippen LogP contribution >= 0.6 is 0 Å². The number of fused-ring (bicyclic) bond motifs is 2. The lowest BCUT2D eigenvalue weighted by atomic mass is 9.73. The Morgan fingerprint density at radius 3 is 1.93 bits per heavy atom. The fourth-order valence-corrected chi connectivity index (χ4v) is 3.06. The van der Waals surface area contributed by atoms with Gasteiger partial charge in [-0.2, -0.15) is 0 Å². The van der Waals surface area contributed by atoms with E-state index in [-0.39, 0.29) is 11.8 Å². The maximum absolute atomic E-state index is 5.63. The van der Waals surface area contributed by atoms with E-state index in [1.807, 2.05) is 0 Å². The first-order valence-corrected chi connectivity index (χ1v) is 5.47. The standard InChI is InChI=1S/C11H20O4/c1-12-10-4-8-6-15-7-9(5-10)11(8,13-2)14-3/h8-10H,4-7H2,1-3H3. The van der Waals surface area contributed by atoms with E-state index in [1.54, 1.807) is 21.3 Å². The summed E-state index contributed by atoms with van der Waals surface area (Å²) < 4.78 is 22.3. The molecule has 15 heavy (non-hydrogen) atoms. The second-order valence-electron chi connectivity index (χ2n) is 4.39. The van der Waals surface area contributed by atoms with E-state index in [9.17, 15) is 0 Å². The molecule has 2 unspecified atom stereocenters. The molecule has 4 nitrogen and oxygen atoms in total. The fraction of sp³-hybridized carbons (Fsp3) is 1.00. The topological polar surface area (TPSA) is 36.9 Å². The molecule has 0 N–H and O–H groups in total. The van der Waals surface area contributed by atoms with E-state index in [1.165, 1.54) is 0 Å². The van der Waals surface area contributed by atoms with Crippen LogP contribution in [0.1, 0.15) is 12.8 Å². The Kier molecular flexibility index (Phi) is 3.30. The van der Waals surface area contributed by atoms with Crippen molar-refractivity contribution in [1.29, 1.82) is 0 Å². The Bertz CT molecular complexity index is 199. The number of hydrogen-bond donors (Lipinski definition) is 0. The summed E-state index contributed by atoms with van der Waals surface area (Å²) >= 11 is 0. The monoisotopic (exact) mass is 216 g/mol. The van der Waals surface area contributed by atoms with Crippen molar-refractivity contribution in [1.82, 2.24) is 0 Å². The van der Waals surface area contributed by atoms with E-state index in [4.69, 9.17) is 18.9 Å². The first-order chi connectivity index (χ1) is 7.26. The summed E-state index contributed by atoms with van der Waals surface area (Å²) in [4.78, 5) is 0. The minimum absolute atomic E-state index is 0.282. The molecule has 1 saturated heterocycles. The van der Waals surface area contributed by atoms with Gasteiger partial charge in [-0.05, 0) is 12.8 Å². The Morgan fingerprint density at radius 1 is 1.00 bits per heavy atom. The highest BCUT2D eigenvalue weighted by molar-refractivity contribution is 4.96. The average molecular weight is 216 g/mol. The predicted octanol–water partition coefficient (Wildman–Crippen LogP) is 1.05. The number of ether oxygens (including phenoxy) is 4. The molecule has 2 rings (SSSR count). The zero-order chi connectivity index (χ0) is 10.9. The SMILES string of the molecule is COC1CC2COCC(C1)C2(OC)OC. The van der Waals surface area contributed by atoms with Crippen molar-refractivity contribution in [2.75, 3.05) is 34.5 Å². The van der Waals surface area contributed by atoms with Crippen LogP contribution in [0.2, 0.25) is 0 Å². The quantitative estimate of drug-likeness (QED) is 0.661. The molecule has 0 radical (unpaired) electrons. The lowest BCUT2D eigenvalue weighted by molar-refractivity contribution is -0.327. The van der Waals surface area contributed by atoms with Gasteiger partial charge in [-0.25, -0.2) is 0 Å². The van der Waals surface area contributed by atoms with Crippen molar-refractivity contribution in [3.63, 3.8) is 0 Å².